The first kappa shape index (κ1) is 17.2. The quantitative estimate of drug-likeness (QED) is 0.826. The van der Waals surface area contributed by atoms with Crippen molar-refractivity contribution in [1.82, 2.24) is 10.3 Å². The minimum atomic E-state index is -0.648. The van der Waals surface area contributed by atoms with Gasteiger partial charge in [0, 0.05) is 12.2 Å². The Bertz CT molecular complexity index is 626. The highest BCUT2D eigenvalue weighted by Gasteiger charge is 2.37. The SMILES string of the molecule is CNC(CC(c1ccccc1)C(C)(C)C(N)=O)c1ccccn1. The topological polar surface area (TPSA) is 68.0 Å². The fourth-order valence-corrected chi connectivity index (χ4v) is 2.91. The third-order valence-electron chi connectivity index (χ3n) is 4.57. The summed E-state index contributed by atoms with van der Waals surface area (Å²) in [6.07, 6.45) is 2.53. The molecule has 1 aromatic carbocycles. The fourth-order valence-electron chi connectivity index (χ4n) is 2.91. The Morgan fingerprint density at radius 1 is 1.17 bits per heavy atom. The number of nitrogens with two attached hydrogens (primary N) is 1. The molecule has 0 bridgehead atoms. The second kappa shape index (κ2) is 7.38. The molecule has 0 fully saturated rings. The van der Waals surface area contributed by atoms with Crippen LogP contribution in [0, 0.1) is 5.41 Å². The van der Waals surface area contributed by atoms with Gasteiger partial charge in [0.1, 0.15) is 0 Å². The molecule has 2 aromatic rings. The van der Waals surface area contributed by atoms with Crippen LogP contribution in [0.1, 0.15) is 43.5 Å². The van der Waals surface area contributed by atoms with Gasteiger partial charge in [-0.25, -0.2) is 0 Å². The molecule has 1 heterocycles. The molecule has 0 aliphatic heterocycles. The summed E-state index contributed by atoms with van der Waals surface area (Å²) < 4.78 is 0. The van der Waals surface area contributed by atoms with Crippen LogP contribution in [-0.4, -0.2) is 17.9 Å². The lowest BCUT2D eigenvalue weighted by Crippen LogP contribution is -2.38. The molecule has 4 nitrogen and oxygen atoms in total. The summed E-state index contributed by atoms with van der Waals surface area (Å²) >= 11 is 0. The molecule has 4 heteroatoms. The number of benzene rings is 1. The number of nitrogens with zero attached hydrogens (tertiary/aromatic N) is 1. The highest BCUT2D eigenvalue weighted by Crippen LogP contribution is 2.41. The van der Waals surface area contributed by atoms with Crippen LogP contribution in [0.4, 0.5) is 0 Å². The van der Waals surface area contributed by atoms with E-state index in [1.807, 2.05) is 57.3 Å². The molecule has 1 amide bonds. The van der Waals surface area contributed by atoms with Gasteiger partial charge in [-0.3, -0.25) is 9.78 Å². The van der Waals surface area contributed by atoms with Crippen molar-refractivity contribution in [3.05, 3.63) is 66.0 Å². The average Bonchev–Trinajstić information content (AvgIpc) is 2.57. The Hall–Kier alpha value is -2.20. The standard InChI is InChI=1S/C19H25N3O/c1-19(2,18(20)23)15(14-9-5-4-6-10-14)13-17(21-3)16-11-7-8-12-22-16/h4-12,15,17,21H,13H2,1-3H3,(H2,20,23). The van der Waals surface area contributed by atoms with E-state index in [0.29, 0.717) is 0 Å². The molecule has 0 aliphatic rings. The number of aromatic nitrogens is 1. The van der Waals surface area contributed by atoms with Crippen molar-refractivity contribution < 1.29 is 4.79 Å². The van der Waals surface area contributed by atoms with Crippen LogP contribution in [0.15, 0.2) is 54.7 Å². The second-order valence-corrected chi connectivity index (χ2v) is 6.38. The lowest BCUT2D eigenvalue weighted by atomic mass is 9.71. The molecule has 3 N–H and O–H groups in total. The van der Waals surface area contributed by atoms with E-state index in [2.05, 4.69) is 22.4 Å². The van der Waals surface area contributed by atoms with E-state index in [-0.39, 0.29) is 17.9 Å². The van der Waals surface area contributed by atoms with E-state index in [9.17, 15) is 4.79 Å². The highest BCUT2D eigenvalue weighted by atomic mass is 16.1. The Morgan fingerprint density at radius 2 is 1.83 bits per heavy atom. The normalized spacial score (nSPS) is 14.2. The molecule has 2 atom stereocenters. The van der Waals surface area contributed by atoms with Crippen molar-refractivity contribution in [2.45, 2.75) is 32.2 Å². The smallest absolute Gasteiger partial charge is 0.223 e. The van der Waals surface area contributed by atoms with Gasteiger partial charge in [0.2, 0.25) is 5.91 Å². The fraction of sp³-hybridized carbons (Fsp3) is 0.368. The van der Waals surface area contributed by atoms with E-state index in [0.717, 1.165) is 17.7 Å². The predicted octanol–water partition coefficient (Wildman–Crippen LogP) is 3.03. The number of pyridine rings is 1. The minimum Gasteiger partial charge on any atom is -0.369 e. The minimum absolute atomic E-state index is 0.000608. The number of carbonyl (C=O) groups excluding carboxylic acids is 1. The molecule has 2 rings (SSSR count). The van der Waals surface area contributed by atoms with E-state index in [1.165, 1.54) is 0 Å². The first-order valence-corrected chi connectivity index (χ1v) is 7.90. The first-order valence-electron chi connectivity index (χ1n) is 7.90. The number of nitrogens with one attached hydrogen (secondary N) is 1. The summed E-state index contributed by atoms with van der Waals surface area (Å²) in [6, 6.07) is 16.0. The van der Waals surface area contributed by atoms with E-state index < -0.39 is 5.41 Å². The van der Waals surface area contributed by atoms with Gasteiger partial charge in [-0.2, -0.15) is 0 Å². The van der Waals surface area contributed by atoms with Crippen LogP contribution in [-0.2, 0) is 4.79 Å². The van der Waals surface area contributed by atoms with Gasteiger partial charge in [-0.05, 0) is 37.1 Å². The maximum absolute atomic E-state index is 12.0. The molecule has 0 aliphatic carbocycles. The number of hydrogen-bond donors (Lipinski definition) is 2. The van der Waals surface area contributed by atoms with Crippen molar-refractivity contribution in [2.75, 3.05) is 7.05 Å². The predicted molar refractivity (Wildman–Crippen MR) is 92.8 cm³/mol. The van der Waals surface area contributed by atoms with Gasteiger partial charge in [-0.15, -0.1) is 0 Å². The third-order valence-corrected chi connectivity index (χ3v) is 4.57. The van der Waals surface area contributed by atoms with Crippen LogP contribution in [0.5, 0.6) is 0 Å². The molecule has 2 unspecified atom stereocenters. The summed E-state index contributed by atoms with van der Waals surface area (Å²) in [6.45, 7) is 3.83. The van der Waals surface area contributed by atoms with Gasteiger partial charge >= 0.3 is 0 Å². The van der Waals surface area contributed by atoms with Crippen LogP contribution in [0.25, 0.3) is 0 Å². The van der Waals surface area contributed by atoms with Crippen LogP contribution < -0.4 is 11.1 Å². The average molecular weight is 311 g/mol. The van der Waals surface area contributed by atoms with Crippen molar-refractivity contribution in [1.29, 1.82) is 0 Å². The summed E-state index contributed by atoms with van der Waals surface area (Å²) in [5.74, 6) is -0.289. The van der Waals surface area contributed by atoms with Crippen molar-refractivity contribution in [3.63, 3.8) is 0 Å². The Morgan fingerprint density at radius 3 is 2.35 bits per heavy atom. The summed E-state index contributed by atoms with van der Waals surface area (Å²) in [4.78, 5) is 16.5. The number of carbonyl (C=O) groups is 1. The van der Waals surface area contributed by atoms with Crippen LogP contribution >= 0.6 is 0 Å². The van der Waals surface area contributed by atoms with Crippen molar-refractivity contribution in [2.24, 2.45) is 11.1 Å². The zero-order valence-corrected chi connectivity index (χ0v) is 14.0. The Balaban J connectivity index is 2.36. The highest BCUT2D eigenvalue weighted by molar-refractivity contribution is 5.81. The molecule has 0 spiro atoms. The Kier molecular flexibility index (Phi) is 5.50. The molecular formula is C19H25N3O. The number of hydrogen-bond acceptors (Lipinski definition) is 3. The van der Waals surface area contributed by atoms with E-state index >= 15 is 0 Å². The zero-order valence-electron chi connectivity index (χ0n) is 14.0. The van der Waals surface area contributed by atoms with Crippen molar-refractivity contribution in [3.8, 4) is 0 Å². The molecule has 23 heavy (non-hydrogen) atoms. The van der Waals surface area contributed by atoms with Gasteiger partial charge < -0.3 is 11.1 Å². The molecule has 122 valence electrons. The molecule has 0 saturated carbocycles. The Labute approximate surface area is 138 Å². The molecule has 1 aromatic heterocycles. The maximum atomic E-state index is 12.0. The third kappa shape index (κ3) is 3.96. The number of primary amides is 1. The molecular weight excluding hydrogens is 286 g/mol. The van der Waals surface area contributed by atoms with Crippen molar-refractivity contribution >= 4 is 5.91 Å². The maximum Gasteiger partial charge on any atom is 0.223 e. The lowest BCUT2D eigenvalue weighted by molar-refractivity contribution is -0.127. The van der Waals surface area contributed by atoms with Gasteiger partial charge in [-0.1, -0.05) is 50.2 Å². The second-order valence-electron chi connectivity index (χ2n) is 6.38. The van der Waals surface area contributed by atoms with Crippen LogP contribution in [0.2, 0.25) is 0 Å². The monoisotopic (exact) mass is 311 g/mol. The van der Waals surface area contributed by atoms with Gasteiger partial charge in [0.05, 0.1) is 11.1 Å². The van der Waals surface area contributed by atoms with Gasteiger partial charge in [0.15, 0.2) is 0 Å². The molecule has 0 radical (unpaired) electrons. The number of amides is 1. The van der Waals surface area contributed by atoms with E-state index in [1.54, 1.807) is 6.20 Å². The summed E-state index contributed by atoms with van der Waals surface area (Å²) in [5.41, 5.74) is 7.13. The number of rotatable bonds is 7. The zero-order chi connectivity index (χ0) is 16.9. The largest absolute Gasteiger partial charge is 0.369 e. The van der Waals surface area contributed by atoms with Gasteiger partial charge in [0.25, 0.3) is 0 Å². The first-order chi connectivity index (χ1) is 11.0. The summed E-state index contributed by atoms with van der Waals surface area (Å²) in [5, 5.41) is 3.31. The lowest BCUT2D eigenvalue weighted by Gasteiger charge is -2.34. The summed E-state index contributed by atoms with van der Waals surface area (Å²) in [7, 11) is 1.92. The van der Waals surface area contributed by atoms with Crippen LogP contribution in [0.3, 0.4) is 0 Å². The van der Waals surface area contributed by atoms with E-state index in [4.69, 9.17) is 5.73 Å². The molecule has 0 saturated heterocycles.